The number of hydrogen-bond acceptors (Lipinski definition) is 3. The van der Waals surface area contributed by atoms with Gasteiger partial charge in [0, 0.05) is 0 Å². The van der Waals surface area contributed by atoms with Crippen molar-refractivity contribution in [1.29, 1.82) is 0 Å². The number of aliphatic hydroxyl groups excluding tert-OH is 1. The van der Waals surface area contributed by atoms with Gasteiger partial charge in [0.1, 0.15) is 0 Å². The first-order valence-electron chi connectivity index (χ1n) is 4.98. The van der Waals surface area contributed by atoms with Crippen LogP contribution in [0.15, 0.2) is 0 Å². The van der Waals surface area contributed by atoms with E-state index in [1.54, 1.807) is 0 Å². The Balaban J connectivity index is 2.12. The average molecular weight is 187 g/mol. The largest absolute Gasteiger partial charge is 0.389 e. The third-order valence-electron chi connectivity index (χ3n) is 2.33. The molecule has 1 saturated heterocycles. The summed E-state index contributed by atoms with van der Waals surface area (Å²) in [5, 5.41) is 12.7. The van der Waals surface area contributed by atoms with Crippen LogP contribution in [-0.2, 0) is 4.74 Å². The monoisotopic (exact) mass is 187 g/mol. The first-order chi connectivity index (χ1) is 5.99. The number of hydrogen-bond donors (Lipinski definition) is 2. The van der Waals surface area contributed by atoms with Crippen LogP contribution in [0.1, 0.15) is 27.2 Å². The summed E-state index contributed by atoms with van der Waals surface area (Å²) >= 11 is 0. The minimum Gasteiger partial charge on any atom is -0.389 e. The highest BCUT2D eigenvalue weighted by Gasteiger charge is 2.25. The summed E-state index contributed by atoms with van der Waals surface area (Å²) in [6.07, 6.45) is 0.802. The van der Waals surface area contributed by atoms with E-state index in [0.29, 0.717) is 18.6 Å². The van der Waals surface area contributed by atoms with E-state index < -0.39 is 0 Å². The molecule has 3 nitrogen and oxygen atoms in total. The molecule has 1 aliphatic rings. The summed E-state index contributed by atoms with van der Waals surface area (Å²) in [6, 6.07) is 0.141. The molecular formula is C10H21NO2. The third-order valence-corrected chi connectivity index (χ3v) is 2.33. The van der Waals surface area contributed by atoms with E-state index in [1.165, 1.54) is 0 Å². The van der Waals surface area contributed by atoms with Crippen molar-refractivity contribution in [2.24, 2.45) is 5.41 Å². The van der Waals surface area contributed by atoms with Crippen molar-refractivity contribution >= 4 is 0 Å². The second-order valence-corrected chi connectivity index (χ2v) is 4.98. The molecule has 0 aliphatic carbocycles. The zero-order valence-electron chi connectivity index (χ0n) is 8.84. The van der Waals surface area contributed by atoms with Gasteiger partial charge in [-0.25, -0.2) is 0 Å². The third kappa shape index (κ3) is 4.07. The fourth-order valence-electron chi connectivity index (χ4n) is 1.37. The second kappa shape index (κ2) is 4.40. The van der Waals surface area contributed by atoms with Gasteiger partial charge in [-0.05, 0) is 18.4 Å². The second-order valence-electron chi connectivity index (χ2n) is 4.98. The van der Waals surface area contributed by atoms with Crippen molar-refractivity contribution in [3.63, 3.8) is 0 Å². The van der Waals surface area contributed by atoms with Crippen LogP contribution >= 0.6 is 0 Å². The Morgan fingerprint density at radius 1 is 1.38 bits per heavy atom. The number of rotatable bonds is 3. The van der Waals surface area contributed by atoms with Crippen molar-refractivity contribution in [1.82, 2.24) is 5.32 Å². The molecule has 0 aromatic rings. The van der Waals surface area contributed by atoms with Crippen LogP contribution in [0.4, 0.5) is 0 Å². The van der Waals surface area contributed by atoms with Gasteiger partial charge in [0.05, 0.1) is 25.4 Å². The van der Waals surface area contributed by atoms with Gasteiger partial charge in [0.25, 0.3) is 0 Å². The predicted molar refractivity (Wildman–Crippen MR) is 52.7 cm³/mol. The number of nitrogens with one attached hydrogen (secondary N) is 1. The quantitative estimate of drug-likeness (QED) is 0.686. The molecule has 78 valence electrons. The fourth-order valence-corrected chi connectivity index (χ4v) is 1.37. The highest BCUT2D eigenvalue weighted by molar-refractivity contribution is 4.80. The zero-order chi connectivity index (χ0) is 9.90. The Labute approximate surface area is 80.5 Å². The summed E-state index contributed by atoms with van der Waals surface area (Å²) in [5.74, 6) is 0. The molecule has 0 bridgehead atoms. The summed E-state index contributed by atoms with van der Waals surface area (Å²) in [4.78, 5) is 0. The highest BCUT2D eigenvalue weighted by atomic mass is 16.5. The fraction of sp³-hybridized carbons (Fsp3) is 1.00. The van der Waals surface area contributed by atoms with Crippen molar-refractivity contribution in [2.75, 3.05) is 19.8 Å². The van der Waals surface area contributed by atoms with Crippen molar-refractivity contribution in [3.8, 4) is 0 Å². The topological polar surface area (TPSA) is 41.5 Å². The lowest BCUT2D eigenvalue weighted by atomic mass is 9.92. The van der Waals surface area contributed by atoms with Gasteiger partial charge in [-0.2, -0.15) is 0 Å². The zero-order valence-corrected chi connectivity index (χ0v) is 8.84. The molecule has 1 rings (SSSR count). The van der Waals surface area contributed by atoms with Crippen LogP contribution < -0.4 is 5.32 Å². The first-order valence-corrected chi connectivity index (χ1v) is 4.98. The number of ether oxygens (including phenoxy) is 1. The molecular weight excluding hydrogens is 166 g/mol. The van der Waals surface area contributed by atoms with Gasteiger partial charge in [-0.3, -0.25) is 0 Å². The van der Waals surface area contributed by atoms with Gasteiger partial charge in [-0.15, -0.1) is 0 Å². The van der Waals surface area contributed by atoms with E-state index in [1.807, 2.05) is 0 Å². The van der Waals surface area contributed by atoms with Crippen molar-refractivity contribution in [3.05, 3.63) is 0 Å². The van der Waals surface area contributed by atoms with Gasteiger partial charge >= 0.3 is 0 Å². The molecule has 1 aliphatic heterocycles. The molecule has 0 aromatic carbocycles. The molecule has 0 amide bonds. The van der Waals surface area contributed by atoms with Crippen LogP contribution in [0.2, 0.25) is 0 Å². The molecule has 0 aromatic heterocycles. The first kappa shape index (κ1) is 11.0. The Morgan fingerprint density at radius 2 is 2.08 bits per heavy atom. The van der Waals surface area contributed by atoms with E-state index in [-0.39, 0.29) is 12.1 Å². The maximum absolute atomic E-state index is 9.43. The minimum atomic E-state index is -0.319. The standard InChI is InChI=1S/C10H21NO2/c1-10(2,3)4-5-11-8-6-13-7-9(8)12/h8-9,11-12H,4-7H2,1-3H3. The van der Waals surface area contributed by atoms with Crippen LogP contribution in [0, 0.1) is 5.41 Å². The summed E-state index contributed by atoms with van der Waals surface area (Å²) in [7, 11) is 0. The van der Waals surface area contributed by atoms with Crippen LogP contribution in [-0.4, -0.2) is 37.0 Å². The minimum absolute atomic E-state index is 0.141. The summed E-state index contributed by atoms with van der Waals surface area (Å²) in [5.41, 5.74) is 0.359. The van der Waals surface area contributed by atoms with Crippen LogP contribution in [0.3, 0.4) is 0 Å². The SMILES string of the molecule is CC(C)(C)CCNC1COCC1O. The van der Waals surface area contributed by atoms with E-state index in [2.05, 4.69) is 26.1 Å². The molecule has 0 saturated carbocycles. The van der Waals surface area contributed by atoms with Crippen molar-refractivity contribution < 1.29 is 9.84 Å². The molecule has 1 heterocycles. The van der Waals surface area contributed by atoms with E-state index in [0.717, 1.165) is 13.0 Å². The van der Waals surface area contributed by atoms with Crippen LogP contribution in [0.25, 0.3) is 0 Å². The highest BCUT2D eigenvalue weighted by Crippen LogP contribution is 2.17. The Morgan fingerprint density at radius 3 is 2.54 bits per heavy atom. The van der Waals surface area contributed by atoms with E-state index >= 15 is 0 Å². The Kier molecular flexibility index (Phi) is 3.71. The smallest absolute Gasteiger partial charge is 0.0948 e. The molecule has 13 heavy (non-hydrogen) atoms. The lowest BCUT2D eigenvalue weighted by Gasteiger charge is -2.21. The molecule has 2 atom stereocenters. The normalized spacial score (nSPS) is 29.5. The van der Waals surface area contributed by atoms with E-state index in [9.17, 15) is 5.11 Å². The Hall–Kier alpha value is -0.120. The van der Waals surface area contributed by atoms with Crippen LogP contribution in [0.5, 0.6) is 0 Å². The van der Waals surface area contributed by atoms with Gasteiger partial charge < -0.3 is 15.2 Å². The summed E-state index contributed by atoms with van der Waals surface area (Å²) in [6.45, 7) is 8.73. The van der Waals surface area contributed by atoms with Gasteiger partial charge in [0.15, 0.2) is 0 Å². The van der Waals surface area contributed by atoms with Gasteiger partial charge in [-0.1, -0.05) is 20.8 Å². The number of aliphatic hydroxyl groups is 1. The van der Waals surface area contributed by atoms with Gasteiger partial charge in [0.2, 0.25) is 0 Å². The molecule has 3 heteroatoms. The lowest BCUT2D eigenvalue weighted by molar-refractivity contribution is 0.122. The molecule has 0 radical (unpaired) electrons. The molecule has 2 N–H and O–H groups in total. The Bertz CT molecular complexity index is 153. The predicted octanol–water partition coefficient (Wildman–Crippen LogP) is 0.772. The average Bonchev–Trinajstić information content (AvgIpc) is 2.34. The maximum atomic E-state index is 9.43. The van der Waals surface area contributed by atoms with E-state index in [4.69, 9.17) is 4.74 Å². The maximum Gasteiger partial charge on any atom is 0.0948 e. The molecule has 0 spiro atoms. The molecule has 1 fully saturated rings. The van der Waals surface area contributed by atoms with Crippen molar-refractivity contribution in [2.45, 2.75) is 39.3 Å². The summed E-state index contributed by atoms with van der Waals surface area (Å²) < 4.78 is 5.14. The lowest BCUT2D eigenvalue weighted by Crippen LogP contribution is -2.40. The molecule has 2 unspecified atom stereocenters.